The molecular weight excluding hydrogens is 486 g/mol. The summed E-state index contributed by atoms with van der Waals surface area (Å²) in [6.07, 6.45) is 1.63. The Morgan fingerprint density at radius 3 is 2.42 bits per heavy atom. The van der Waals surface area contributed by atoms with E-state index in [-0.39, 0.29) is 22.7 Å². The number of ether oxygens (including phenoxy) is 2. The minimum absolute atomic E-state index is 0.0396. The molecule has 3 heterocycles. The second-order valence-electron chi connectivity index (χ2n) is 8.22. The van der Waals surface area contributed by atoms with Crippen LogP contribution in [0.5, 0.6) is 0 Å². The molecule has 38 heavy (non-hydrogen) atoms. The van der Waals surface area contributed by atoms with Crippen molar-refractivity contribution in [1.82, 2.24) is 9.97 Å². The molecule has 0 saturated carbocycles. The smallest absolute Gasteiger partial charge is 0.355 e. The molecule has 4 aromatic rings. The van der Waals surface area contributed by atoms with Gasteiger partial charge in [0.05, 0.1) is 43.0 Å². The number of hydrogen-bond donors (Lipinski definition) is 1. The van der Waals surface area contributed by atoms with E-state index < -0.39 is 17.9 Å². The van der Waals surface area contributed by atoms with Crippen LogP contribution >= 0.6 is 0 Å². The van der Waals surface area contributed by atoms with Gasteiger partial charge in [0.15, 0.2) is 5.58 Å². The summed E-state index contributed by atoms with van der Waals surface area (Å²) in [5.74, 6) is -2.32. The number of allylic oxidation sites excluding steroid dienone is 1. The topological polar surface area (TPSA) is 145 Å². The number of aromatic nitrogens is 2. The van der Waals surface area contributed by atoms with Crippen LogP contribution in [0.25, 0.3) is 22.7 Å². The van der Waals surface area contributed by atoms with Crippen molar-refractivity contribution < 1.29 is 23.5 Å². The van der Waals surface area contributed by atoms with Crippen LogP contribution in [0, 0.1) is 11.3 Å². The van der Waals surface area contributed by atoms with Crippen molar-refractivity contribution in [2.75, 3.05) is 19.1 Å². The van der Waals surface area contributed by atoms with Gasteiger partial charge in [-0.2, -0.15) is 5.26 Å². The van der Waals surface area contributed by atoms with Gasteiger partial charge >= 0.3 is 11.9 Å². The van der Waals surface area contributed by atoms with E-state index in [0.717, 1.165) is 0 Å². The zero-order chi connectivity index (χ0) is 26.8. The Kier molecular flexibility index (Phi) is 6.33. The summed E-state index contributed by atoms with van der Waals surface area (Å²) < 4.78 is 16.0. The van der Waals surface area contributed by atoms with E-state index in [0.29, 0.717) is 33.9 Å². The molecule has 2 aromatic carbocycles. The molecule has 188 valence electrons. The molecule has 0 radical (unpaired) electrons. The van der Waals surface area contributed by atoms with Gasteiger partial charge in [0, 0.05) is 6.20 Å². The normalized spacial score (nSPS) is 15.4. The second-order valence-corrected chi connectivity index (χ2v) is 8.22. The van der Waals surface area contributed by atoms with E-state index in [2.05, 4.69) is 16.0 Å². The molecule has 2 N–H and O–H groups in total. The minimum Gasteiger partial charge on any atom is -0.466 e. The Bertz CT molecular complexity index is 1650. The van der Waals surface area contributed by atoms with Crippen LogP contribution in [-0.4, -0.2) is 36.1 Å². The van der Waals surface area contributed by atoms with Crippen molar-refractivity contribution in [3.8, 4) is 17.7 Å². The van der Waals surface area contributed by atoms with E-state index in [1.807, 2.05) is 6.07 Å². The molecule has 0 amide bonds. The number of benzene rings is 2. The molecule has 10 nitrogen and oxygen atoms in total. The van der Waals surface area contributed by atoms with Crippen LogP contribution in [0.4, 0.5) is 5.69 Å². The molecule has 10 heteroatoms. The molecule has 1 atom stereocenters. The van der Waals surface area contributed by atoms with Crippen molar-refractivity contribution >= 4 is 28.7 Å². The number of pyridine rings is 1. The molecule has 1 aliphatic heterocycles. The van der Waals surface area contributed by atoms with Gasteiger partial charge in [0.25, 0.3) is 0 Å². The summed E-state index contributed by atoms with van der Waals surface area (Å²) in [6, 6.07) is 21.2. The number of nitrogens with two attached hydrogens (primary N) is 1. The predicted molar refractivity (Wildman–Crippen MR) is 137 cm³/mol. The number of fused-ring (bicyclic) bond motifs is 1. The van der Waals surface area contributed by atoms with Crippen LogP contribution in [0.2, 0.25) is 0 Å². The van der Waals surface area contributed by atoms with Crippen molar-refractivity contribution in [2.45, 2.75) is 5.92 Å². The van der Waals surface area contributed by atoms with E-state index in [1.54, 1.807) is 66.9 Å². The number of carbonyl (C=O) groups excluding carboxylic acids is 2. The van der Waals surface area contributed by atoms with Crippen molar-refractivity contribution in [1.29, 1.82) is 5.26 Å². The lowest BCUT2D eigenvalue weighted by atomic mass is 9.81. The molecule has 1 unspecified atom stereocenters. The third kappa shape index (κ3) is 4.02. The van der Waals surface area contributed by atoms with Gasteiger partial charge in [0.1, 0.15) is 22.7 Å². The zero-order valence-corrected chi connectivity index (χ0v) is 20.4. The minimum atomic E-state index is -0.953. The third-order valence-corrected chi connectivity index (χ3v) is 6.12. The lowest BCUT2D eigenvalue weighted by Gasteiger charge is -2.35. The van der Waals surface area contributed by atoms with Gasteiger partial charge in [-0.15, -0.1) is 0 Å². The van der Waals surface area contributed by atoms with Gasteiger partial charge in [-0.3, -0.25) is 9.88 Å². The summed E-state index contributed by atoms with van der Waals surface area (Å²) in [6.45, 7) is 0. The molecule has 0 spiro atoms. The highest BCUT2D eigenvalue weighted by Gasteiger charge is 2.43. The highest BCUT2D eigenvalue weighted by atomic mass is 16.5. The molecule has 0 fully saturated rings. The number of esters is 2. The summed E-state index contributed by atoms with van der Waals surface area (Å²) in [4.78, 5) is 36.5. The average Bonchev–Trinajstić information content (AvgIpc) is 3.40. The molecule has 0 bridgehead atoms. The second kappa shape index (κ2) is 9.91. The van der Waals surface area contributed by atoms with Gasteiger partial charge in [-0.05, 0) is 35.9 Å². The SMILES string of the molecule is COC(=O)C1=C(C(=O)OC)N(c2ccc3oc(-c4ccccn4)nc3c2)C(N)=C(C#N)C1c1ccccc1. The Morgan fingerprint density at radius 1 is 1.03 bits per heavy atom. The monoisotopic (exact) mass is 507 g/mol. The van der Waals surface area contributed by atoms with Gasteiger partial charge in [0.2, 0.25) is 5.89 Å². The predicted octanol–water partition coefficient (Wildman–Crippen LogP) is 3.79. The third-order valence-electron chi connectivity index (χ3n) is 6.12. The first kappa shape index (κ1) is 24.3. The van der Waals surface area contributed by atoms with Crippen LogP contribution in [0.3, 0.4) is 0 Å². The van der Waals surface area contributed by atoms with Crippen molar-refractivity contribution in [3.63, 3.8) is 0 Å². The number of carbonyl (C=O) groups is 2. The number of rotatable bonds is 5. The lowest BCUT2D eigenvalue weighted by Crippen LogP contribution is -2.40. The first-order valence-electron chi connectivity index (χ1n) is 11.5. The summed E-state index contributed by atoms with van der Waals surface area (Å²) in [5, 5.41) is 10.2. The standard InChI is InChI=1S/C28H21N5O5/c1-36-27(34)23-22(16-8-4-3-5-9-16)18(15-29)25(30)33(24(23)28(35)37-2)17-11-12-21-20(14-17)32-26(38-21)19-10-6-7-13-31-19/h3-14,22H,30H2,1-2H3. The molecule has 2 aromatic heterocycles. The zero-order valence-electron chi connectivity index (χ0n) is 20.4. The lowest BCUT2D eigenvalue weighted by molar-refractivity contribution is -0.139. The largest absolute Gasteiger partial charge is 0.466 e. The van der Waals surface area contributed by atoms with Gasteiger partial charge in [-0.1, -0.05) is 36.4 Å². The van der Waals surface area contributed by atoms with Crippen LogP contribution < -0.4 is 10.6 Å². The summed E-state index contributed by atoms with van der Waals surface area (Å²) >= 11 is 0. The number of anilines is 1. The van der Waals surface area contributed by atoms with Gasteiger partial charge in [-0.25, -0.2) is 14.6 Å². The Morgan fingerprint density at radius 2 is 1.76 bits per heavy atom. The Hall–Kier alpha value is -5.43. The molecule has 0 aliphatic carbocycles. The average molecular weight is 508 g/mol. The highest BCUT2D eigenvalue weighted by Crippen LogP contribution is 2.43. The van der Waals surface area contributed by atoms with Crippen LogP contribution in [-0.2, 0) is 19.1 Å². The fourth-order valence-corrected chi connectivity index (χ4v) is 4.44. The maximum Gasteiger partial charge on any atom is 0.355 e. The van der Waals surface area contributed by atoms with E-state index in [9.17, 15) is 14.9 Å². The number of hydrogen-bond acceptors (Lipinski definition) is 10. The Balaban J connectivity index is 1.75. The molecular formula is C28H21N5O5. The highest BCUT2D eigenvalue weighted by molar-refractivity contribution is 6.06. The van der Waals surface area contributed by atoms with Crippen LogP contribution in [0.1, 0.15) is 11.5 Å². The molecule has 5 rings (SSSR count). The first-order chi connectivity index (χ1) is 18.5. The van der Waals surface area contributed by atoms with E-state index in [1.165, 1.54) is 19.1 Å². The summed E-state index contributed by atoms with van der Waals surface area (Å²) in [7, 11) is 2.39. The van der Waals surface area contributed by atoms with E-state index in [4.69, 9.17) is 19.6 Å². The maximum absolute atomic E-state index is 13.2. The van der Waals surface area contributed by atoms with E-state index >= 15 is 0 Å². The quantitative estimate of drug-likeness (QED) is 0.396. The van der Waals surface area contributed by atoms with Gasteiger partial charge < -0.3 is 19.6 Å². The number of nitrogens with zero attached hydrogens (tertiary/aromatic N) is 4. The Labute approximate surface area is 217 Å². The first-order valence-corrected chi connectivity index (χ1v) is 11.5. The number of oxazole rings is 1. The number of nitriles is 1. The fraction of sp³-hybridized carbons (Fsp3) is 0.107. The molecule has 1 aliphatic rings. The fourth-order valence-electron chi connectivity index (χ4n) is 4.44. The number of methoxy groups -OCH3 is 2. The summed E-state index contributed by atoms with van der Waals surface area (Å²) in [5.41, 5.74) is 8.78. The van der Waals surface area contributed by atoms with Crippen LogP contribution in [0.15, 0.2) is 100 Å². The van der Waals surface area contributed by atoms with Crippen molar-refractivity contribution in [3.05, 3.63) is 101 Å². The van der Waals surface area contributed by atoms with Crippen molar-refractivity contribution in [2.24, 2.45) is 5.73 Å². The maximum atomic E-state index is 13.2. The molecule has 0 saturated heterocycles.